The molecule has 0 saturated heterocycles. The number of aromatic amines is 1. The lowest BCUT2D eigenvalue weighted by molar-refractivity contribution is -0.166. The van der Waals surface area contributed by atoms with E-state index < -0.39 is 17.4 Å². The molecule has 0 aliphatic heterocycles. The van der Waals surface area contributed by atoms with Gasteiger partial charge in [-0.25, -0.2) is 9.18 Å². The third kappa shape index (κ3) is 3.67. The van der Waals surface area contributed by atoms with Crippen LogP contribution in [-0.4, -0.2) is 45.7 Å². The number of carboxylic acids is 1. The van der Waals surface area contributed by atoms with Crippen molar-refractivity contribution in [2.75, 3.05) is 14.2 Å². The van der Waals surface area contributed by atoms with Crippen LogP contribution in [0.5, 0.6) is 5.75 Å². The van der Waals surface area contributed by atoms with Crippen LogP contribution in [0.3, 0.4) is 0 Å². The van der Waals surface area contributed by atoms with E-state index in [-0.39, 0.29) is 17.6 Å². The number of ether oxygens (including phenoxy) is 2. The topological polar surface area (TPSA) is 89.4 Å². The predicted molar refractivity (Wildman–Crippen MR) is 132 cm³/mol. The van der Waals surface area contributed by atoms with Crippen LogP contribution >= 0.6 is 0 Å². The van der Waals surface area contributed by atoms with Crippen LogP contribution in [0.2, 0.25) is 0 Å². The van der Waals surface area contributed by atoms with Gasteiger partial charge in [-0.15, -0.1) is 0 Å². The molecule has 7 nitrogen and oxygen atoms in total. The Labute approximate surface area is 202 Å². The molecule has 2 N–H and O–H groups in total. The van der Waals surface area contributed by atoms with E-state index >= 15 is 0 Å². The minimum Gasteiger partial charge on any atom is -0.494 e. The molecule has 0 spiro atoms. The molecule has 2 heterocycles. The highest BCUT2D eigenvalue weighted by Gasteiger charge is 2.43. The van der Waals surface area contributed by atoms with Gasteiger partial charge in [-0.1, -0.05) is 13.8 Å². The molecule has 1 aliphatic carbocycles. The number of benzene rings is 2. The second kappa shape index (κ2) is 8.68. The van der Waals surface area contributed by atoms with Crippen molar-refractivity contribution in [3.8, 4) is 11.4 Å². The van der Waals surface area contributed by atoms with Crippen LogP contribution < -0.4 is 4.74 Å². The molecule has 184 valence electrons. The molecular weight excluding hydrogens is 449 g/mol. The number of halogens is 1. The SMILES string of the molecule is COc1cc(-n2c(C(C)C)c([C@H]3CC[C@](OC)(C(=O)O)CC3)c3cc4[nH]ncc4cc32)ccc1F. The predicted octanol–water partition coefficient (Wildman–Crippen LogP) is 5.91. The van der Waals surface area contributed by atoms with Gasteiger partial charge in [0.15, 0.2) is 17.2 Å². The van der Waals surface area contributed by atoms with E-state index in [1.165, 1.54) is 25.8 Å². The van der Waals surface area contributed by atoms with Gasteiger partial charge >= 0.3 is 5.97 Å². The zero-order chi connectivity index (χ0) is 24.9. The van der Waals surface area contributed by atoms with Gasteiger partial charge in [-0.3, -0.25) is 5.10 Å². The molecule has 0 atom stereocenters. The van der Waals surface area contributed by atoms with Crippen molar-refractivity contribution in [2.45, 2.75) is 57.0 Å². The van der Waals surface area contributed by atoms with Crippen LogP contribution in [0.4, 0.5) is 4.39 Å². The third-order valence-electron chi connectivity index (χ3n) is 7.53. The lowest BCUT2D eigenvalue weighted by Crippen LogP contribution is -2.43. The van der Waals surface area contributed by atoms with Gasteiger partial charge in [0, 0.05) is 35.3 Å². The lowest BCUT2D eigenvalue weighted by atomic mass is 9.74. The quantitative estimate of drug-likeness (QED) is 0.359. The number of methoxy groups -OCH3 is 2. The van der Waals surface area contributed by atoms with E-state index in [2.05, 4.69) is 40.7 Å². The largest absolute Gasteiger partial charge is 0.494 e. The van der Waals surface area contributed by atoms with Gasteiger partial charge < -0.3 is 19.1 Å². The molecule has 0 bridgehead atoms. The number of fused-ring (bicyclic) bond motifs is 2. The summed E-state index contributed by atoms with van der Waals surface area (Å²) in [5, 5.41) is 19.2. The second-order valence-corrected chi connectivity index (χ2v) is 9.71. The maximum Gasteiger partial charge on any atom is 0.335 e. The number of aromatic nitrogens is 3. The Morgan fingerprint density at radius 2 is 1.97 bits per heavy atom. The molecule has 0 radical (unpaired) electrons. The molecule has 4 aromatic rings. The molecule has 5 rings (SSSR count). The Bertz CT molecular complexity index is 1410. The van der Waals surface area contributed by atoms with Crippen molar-refractivity contribution in [1.82, 2.24) is 14.8 Å². The molecule has 1 saturated carbocycles. The Morgan fingerprint density at radius 3 is 2.60 bits per heavy atom. The fraction of sp³-hybridized carbons (Fsp3) is 0.407. The van der Waals surface area contributed by atoms with Crippen molar-refractivity contribution >= 4 is 27.8 Å². The van der Waals surface area contributed by atoms with E-state index in [1.807, 2.05) is 0 Å². The minimum absolute atomic E-state index is 0.165. The van der Waals surface area contributed by atoms with E-state index in [0.29, 0.717) is 25.7 Å². The molecular formula is C27H30FN3O4. The van der Waals surface area contributed by atoms with E-state index in [0.717, 1.165) is 33.2 Å². The number of hydrogen-bond donors (Lipinski definition) is 2. The van der Waals surface area contributed by atoms with Crippen molar-refractivity contribution < 1.29 is 23.8 Å². The number of nitrogens with zero attached hydrogens (tertiary/aromatic N) is 2. The summed E-state index contributed by atoms with van der Waals surface area (Å²) in [6.45, 7) is 4.31. The summed E-state index contributed by atoms with van der Waals surface area (Å²) in [5.74, 6) is -0.787. The molecule has 1 aliphatic rings. The smallest absolute Gasteiger partial charge is 0.335 e. The van der Waals surface area contributed by atoms with Crippen molar-refractivity contribution in [2.24, 2.45) is 0 Å². The first kappa shape index (κ1) is 23.4. The van der Waals surface area contributed by atoms with Crippen molar-refractivity contribution in [1.29, 1.82) is 0 Å². The van der Waals surface area contributed by atoms with Crippen molar-refractivity contribution in [3.63, 3.8) is 0 Å². The average Bonchev–Trinajstić information content (AvgIpc) is 3.44. The third-order valence-corrected chi connectivity index (χ3v) is 7.53. The summed E-state index contributed by atoms with van der Waals surface area (Å²) >= 11 is 0. The maximum atomic E-state index is 14.3. The summed E-state index contributed by atoms with van der Waals surface area (Å²) in [7, 11) is 2.95. The van der Waals surface area contributed by atoms with Gasteiger partial charge in [-0.05, 0) is 67.3 Å². The Balaban J connectivity index is 1.75. The Hall–Kier alpha value is -3.39. The first-order valence-corrected chi connectivity index (χ1v) is 11.9. The summed E-state index contributed by atoms with van der Waals surface area (Å²) in [6, 6.07) is 9.17. The van der Waals surface area contributed by atoms with Crippen LogP contribution in [0.1, 0.15) is 62.6 Å². The first-order chi connectivity index (χ1) is 16.8. The van der Waals surface area contributed by atoms with Gasteiger partial charge in [0.05, 0.1) is 24.3 Å². The molecule has 35 heavy (non-hydrogen) atoms. The molecule has 2 aromatic heterocycles. The van der Waals surface area contributed by atoms with E-state index in [9.17, 15) is 14.3 Å². The number of carboxylic acid groups (broad SMARTS) is 1. The average molecular weight is 480 g/mol. The molecule has 2 aromatic carbocycles. The van der Waals surface area contributed by atoms with Crippen molar-refractivity contribution in [3.05, 3.63) is 53.6 Å². The summed E-state index contributed by atoms with van der Waals surface area (Å²) in [4.78, 5) is 11.9. The number of H-pyrrole nitrogens is 1. The maximum absolute atomic E-state index is 14.3. The van der Waals surface area contributed by atoms with Crippen LogP contribution in [0.15, 0.2) is 36.5 Å². The Kier molecular flexibility index (Phi) is 5.79. The lowest BCUT2D eigenvalue weighted by Gasteiger charge is -2.36. The molecule has 1 fully saturated rings. The van der Waals surface area contributed by atoms with Gasteiger partial charge in [0.2, 0.25) is 0 Å². The highest BCUT2D eigenvalue weighted by molar-refractivity contribution is 5.99. The zero-order valence-corrected chi connectivity index (χ0v) is 20.4. The van der Waals surface area contributed by atoms with Crippen LogP contribution in [0.25, 0.3) is 27.5 Å². The summed E-state index contributed by atoms with van der Waals surface area (Å²) < 4.78 is 27.2. The standard InChI is InChI=1S/C27H30FN3O4/c1-15(2)25-24(16-7-9-27(35-4,10-8-16)26(32)33)19-13-21-17(14-29-30-21)11-22(19)31(25)18-5-6-20(28)23(12-18)34-3/h5-6,11-16H,7-10H2,1-4H3,(H,29,30)(H,32,33)/t16-,27+. The highest BCUT2D eigenvalue weighted by Crippen LogP contribution is 2.47. The van der Waals surface area contributed by atoms with E-state index in [1.54, 1.807) is 18.3 Å². The number of carbonyl (C=O) groups is 1. The first-order valence-electron chi connectivity index (χ1n) is 11.9. The monoisotopic (exact) mass is 479 g/mol. The normalized spacial score (nSPS) is 20.7. The summed E-state index contributed by atoms with van der Waals surface area (Å²) in [6.07, 6.45) is 4.10. The van der Waals surface area contributed by atoms with Gasteiger partial charge in [0.1, 0.15) is 0 Å². The van der Waals surface area contributed by atoms with Crippen LogP contribution in [-0.2, 0) is 9.53 Å². The number of nitrogens with one attached hydrogen (secondary N) is 1. The molecule has 8 heteroatoms. The zero-order valence-electron chi connectivity index (χ0n) is 20.4. The highest BCUT2D eigenvalue weighted by atomic mass is 19.1. The Morgan fingerprint density at radius 1 is 1.23 bits per heavy atom. The number of hydrogen-bond acceptors (Lipinski definition) is 4. The fourth-order valence-electron chi connectivity index (χ4n) is 5.71. The van der Waals surface area contributed by atoms with Crippen LogP contribution in [0, 0.1) is 5.82 Å². The number of aliphatic carboxylic acids is 1. The molecule has 0 amide bonds. The van der Waals surface area contributed by atoms with Gasteiger partial charge in [-0.2, -0.15) is 5.10 Å². The second-order valence-electron chi connectivity index (χ2n) is 9.71. The van der Waals surface area contributed by atoms with E-state index in [4.69, 9.17) is 9.47 Å². The van der Waals surface area contributed by atoms with Gasteiger partial charge in [0.25, 0.3) is 0 Å². The minimum atomic E-state index is -1.13. The molecule has 0 unspecified atom stereocenters. The fourth-order valence-corrected chi connectivity index (χ4v) is 5.71. The summed E-state index contributed by atoms with van der Waals surface area (Å²) in [5.41, 5.74) is 3.99. The number of rotatable bonds is 6.